The van der Waals surface area contributed by atoms with Crippen LogP contribution in [-0.2, 0) is 13.0 Å². The molecular formula is C14H26N4O2. The van der Waals surface area contributed by atoms with Gasteiger partial charge in [0.2, 0.25) is 0 Å². The van der Waals surface area contributed by atoms with E-state index in [1.54, 1.807) is 20.2 Å². The van der Waals surface area contributed by atoms with Crippen LogP contribution in [0.2, 0.25) is 0 Å². The van der Waals surface area contributed by atoms with Gasteiger partial charge in [-0.05, 0) is 19.3 Å². The summed E-state index contributed by atoms with van der Waals surface area (Å²) in [5, 5.41) is 16.3. The molecule has 1 aromatic heterocycles. The van der Waals surface area contributed by atoms with E-state index in [-0.39, 0.29) is 18.7 Å². The molecule has 1 heterocycles. The molecule has 0 radical (unpaired) electrons. The van der Waals surface area contributed by atoms with Crippen molar-refractivity contribution in [1.82, 2.24) is 14.7 Å². The molecule has 0 aliphatic carbocycles. The van der Waals surface area contributed by atoms with Crippen molar-refractivity contribution in [2.24, 2.45) is 5.92 Å². The molecule has 1 atom stereocenters. The van der Waals surface area contributed by atoms with E-state index in [9.17, 15) is 4.79 Å². The number of nitrogens with zero attached hydrogens (tertiary/aromatic N) is 3. The predicted molar refractivity (Wildman–Crippen MR) is 79.8 cm³/mol. The van der Waals surface area contributed by atoms with E-state index in [4.69, 9.17) is 5.11 Å². The van der Waals surface area contributed by atoms with E-state index in [0.717, 1.165) is 24.3 Å². The standard InChI is InChI=1S/C14H26N4O2/c1-6-13-12(7-15-18(13)8-10(2)3)16-14(20)17(5)11(4)9-19/h7,10-11,19H,6,8-9H2,1-5H3,(H,16,20). The van der Waals surface area contributed by atoms with Crippen molar-refractivity contribution in [2.45, 2.75) is 46.7 Å². The third-order valence-corrected chi connectivity index (χ3v) is 3.31. The van der Waals surface area contributed by atoms with Crippen LogP contribution in [0.25, 0.3) is 0 Å². The molecule has 6 nitrogen and oxygen atoms in total. The summed E-state index contributed by atoms with van der Waals surface area (Å²) < 4.78 is 1.94. The second-order valence-electron chi connectivity index (χ2n) is 5.51. The number of carbonyl (C=O) groups is 1. The van der Waals surface area contributed by atoms with Gasteiger partial charge in [0.05, 0.1) is 30.2 Å². The molecule has 0 aromatic carbocycles. The maximum Gasteiger partial charge on any atom is 0.322 e. The first-order valence-corrected chi connectivity index (χ1v) is 7.10. The minimum absolute atomic E-state index is 0.0584. The highest BCUT2D eigenvalue weighted by Gasteiger charge is 2.18. The van der Waals surface area contributed by atoms with Gasteiger partial charge in [-0.1, -0.05) is 20.8 Å². The molecule has 0 saturated heterocycles. The Morgan fingerprint density at radius 2 is 2.15 bits per heavy atom. The second kappa shape index (κ2) is 7.28. The summed E-state index contributed by atoms with van der Waals surface area (Å²) in [7, 11) is 1.67. The zero-order valence-corrected chi connectivity index (χ0v) is 13.1. The van der Waals surface area contributed by atoms with E-state index < -0.39 is 0 Å². The lowest BCUT2D eigenvalue weighted by atomic mass is 10.2. The third kappa shape index (κ3) is 3.96. The topological polar surface area (TPSA) is 70.4 Å². The zero-order chi connectivity index (χ0) is 15.3. The van der Waals surface area contributed by atoms with Gasteiger partial charge in [0.15, 0.2) is 0 Å². The average molecular weight is 282 g/mol. The highest BCUT2D eigenvalue weighted by atomic mass is 16.3. The predicted octanol–water partition coefficient (Wildman–Crippen LogP) is 1.95. The molecule has 1 rings (SSSR count). The number of urea groups is 1. The van der Waals surface area contributed by atoms with Gasteiger partial charge in [-0.2, -0.15) is 5.10 Å². The Bertz CT molecular complexity index is 442. The first kappa shape index (κ1) is 16.5. The Morgan fingerprint density at radius 1 is 1.50 bits per heavy atom. The quantitative estimate of drug-likeness (QED) is 0.837. The number of aliphatic hydroxyl groups excluding tert-OH is 1. The molecule has 1 unspecified atom stereocenters. The van der Waals surface area contributed by atoms with Crippen LogP contribution in [0.3, 0.4) is 0 Å². The van der Waals surface area contributed by atoms with E-state index in [2.05, 4.69) is 24.3 Å². The molecule has 0 aliphatic heterocycles. The summed E-state index contributed by atoms with van der Waals surface area (Å²) in [6.45, 7) is 8.89. The molecule has 0 saturated carbocycles. The van der Waals surface area contributed by atoms with Gasteiger partial charge in [-0.15, -0.1) is 0 Å². The smallest absolute Gasteiger partial charge is 0.322 e. The van der Waals surface area contributed by atoms with Crippen molar-refractivity contribution in [3.05, 3.63) is 11.9 Å². The summed E-state index contributed by atoms with van der Waals surface area (Å²) in [5.41, 5.74) is 1.77. The number of anilines is 1. The van der Waals surface area contributed by atoms with Crippen LogP contribution in [-0.4, -0.2) is 45.5 Å². The summed E-state index contributed by atoms with van der Waals surface area (Å²) in [6.07, 6.45) is 2.50. The highest BCUT2D eigenvalue weighted by molar-refractivity contribution is 5.89. The minimum Gasteiger partial charge on any atom is -0.394 e. The van der Waals surface area contributed by atoms with E-state index >= 15 is 0 Å². The van der Waals surface area contributed by atoms with Gasteiger partial charge in [-0.3, -0.25) is 4.68 Å². The Morgan fingerprint density at radius 3 is 2.65 bits per heavy atom. The lowest BCUT2D eigenvalue weighted by molar-refractivity contribution is 0.166. The number of carbonyl (C=O) groups excluding carboxylic acids is 1. The molecular weight excluding hydrogens is 256 g/mol. The first-order chi connectivity index (χ1) is 9.40. The molecule has 6 heteroatoms. The summed E-state index contributed by atoms with van der Waals surface area (Å²) >= 11 is 0. The van der Waals surface area contributed by atoms with Crippen LogP contribution in [0.5, 0.6) is 0 Å². The fourth-order valence-electron chi connectivity index (χ4n) is 1.92. The number of rotatable bonds is 6. The molecule has 0 fully saturated rings. The van der Waals surface area contributed by atoms with E-state index in [1.807, 2.05) is 11.6 Å². The van der Waals surface area contributed by atoms with Gasteiger partial charge in [-0.25, -0.2) is 4.79 Å². The van der Waals surface area contributed by atoms with Crippen molar-refractivity contribution >= 4 is 11.7 Å². The van der Waals surface area contributed by atoms with Crippen LogP contribution in [0.1, 0.15) is 33.4 Å². The maximum absolute atomic E-state index is 12.1. The lowest BCUT2D eigenvalue weighted by Crippen LogP contribution is -2.40. The Hall–Kier alpha value is -1.56. The van der Waals surface area contributed by atoms with Crippen LogP contribution < -0.4 is 5.32 Å². The Balaban J connectivity index is 2.82. The molecule has 0 spiro atoms. The number of likely N-dealkylation sites (N-methyl/N-ethyl adjacent to an activating group) is 1. The SMILES string of the molecule is CCc1c(NC(=O)N(C)C(C)CO)cnn1CC(C)C. The van der Waals surface area contributed by atoms with Crippen molar-refractivity contribution in [2.75, 3.05) is 19.0 Å². The molecule has 1 aromatic rings. The first-order valence-electron chi connectivity index (χ1n) is 7.10. The van der Waals surface area contributed by atoms with Crippen molar-refractivity contribution < 1.29 is 9.90 Å². The highest BCUT2D eigenvalue weighted by Crippen LogP contribution is 2.17. The van der Waals surface area contributed by atoms with Crippen molar-refractivity contribution in [3.8, 4) is 0 Å². The van der Waals surface area contributed by atoms with E-state index in [0.29, 0.717) is 5.92 Å². The third-order valence-electron chi connectivity index (χ3n) is 3.31. The monoisotopic (exact) mass is 282 g/mol. The van der Waals surface area contributed by atoms with E-state index in [1.165, 1.54) is 4.90 Å². The molecule has 2 N–H and O–H groups in total. The van der Waals surface area contributed by atoms with Crippen molar-refractivity contribution in [1.29, 1.82) is 0 Å². The van der Waals surface area contributed by atoms with Gasteiger partial charge in [0.1, 0.15) is 0 Å². The Labute approximate surface area is 120 Å². The van der Waals surface area contributed by atoms with Gasteiger partial charge >= 0.3 is 6.03 Å². The van der Waals surface area contributed by atoms with Crippen LogP contribution in [0.4, 0.5) is 10.5 Å². The number of hydrogen-bond donors (Lipinski definition) is 2. The summed E-state index contributed by atoms with van der Waals surface area (Å²) in [4.78, 5) is 13.6. The molecule has 2 amide bonds. The molecule has 20 heavy (non-hydrogen) atoms. The number of aliphatic hydroxyl groups is 1. The fourth-order valence-corrected chi connectivity index (χ4v) is 1.92. The normalized spacial score (nSPS) is 12.6. The molecule has 0 bridgehead atoms. The van der Waals surface area contributed by atoms with Crippen LogP contribution in [0, 0.1) is 5.92 Å². The zero-order valence-electron chi connectivity index (χ0n) is 13.1. The minimum atomic E-state index is -0.231. The lowest BCUT2D eigenvalue weighted by Gasteiger charge is -2.23. The van der Waals surface area contributed by atoms with Gasteiger partial charge < -0.3 is 15.3 Å². The summed E-state index contributed by atoms with van der Waals surface area (Å²) in [5.74, 6) is 0.501. The second-order valence-corrected chi connectivity index (χ2v) is 5.51. The molecule has 114 valence electrons. The number of hydrogen-bond acceptors (Lipinski definition) is 3. The Kier molecular flexibility index (Phi) is 6.01. The number of nitrogens with one attached hydrogen (secondary N) is 1. The largest absolute Gasteiger partial charge is 0.394 e. The van der Waals surface area contributed by atoms with Crippen LogP contribution >= 0.6 is 0 Å². The maximum atomic E-state index is 12.1. The number of aromatic nitrogens is 2. The van der Waals surface area contributed by atoms with Gasteiger partial charge in [0.25, 0.3) is 0 Å². The van der Waals surface area contributed by atoms with Gasteiger partial charge in [0, 0.05) is 13.6 Å². The number of amides is 2. The van der Waals surface area contributed by atoms with Crippen molar-refractivity contribution in [3.63, 3.8) is 0 Å². The molecule has 0 aliphatic rings. The summed E-state index contributed by atoms with van der Waals surface area (Å²) in [6, 6.07) is -0.448. The average Bonchev–Trinajstić information content (AvgIpc) is 2.77. The van der Waals surface area contributed by atoms with Crippen LogP contribution in [0.15, 0.2) is 6.20 Å². The fraction of sp³-hybridized carbons (Fsp3) is 0.714.